The number of hydrogen-bond donors (Lipinski definition) is 1. The average molecular weight is 316 g/mol. The van der Waals surface area contributed by atoms with Crippen molar-refractivity contribution < 1.29 is 9.53 Å². The first-order chi connectivity index (χ1) is 9.66. The predicted molar refractivity (Wildman–Crippen MR) is 79.5 cm³/mol. The van der Waals surface area contributed by atoms with Crippen LogP contribution in [0.5, 0.6) is 0 Å². The molecule has 1 amide bonds. The van der Waals surface area contributed by atoms with E-state index in [0.29, 0.717) is 35.4 Å². The number of rotatable bonds is 4. The van der Waals surface area contributed by atoms with Crippen molar-refractivity contribution in [3.05, 3.63) is 33.8 Å². The molecular weight excluding hydrogens is 301 g/mol. The molecule has 108 valence electrons. The van der Waals surface area contributed by atoms with Crippen LogP contribution >= 0.6 is 23.2 Å². The number of benzene rings is 1. The summed E-state index contributed by atoms with van der Waals surface area (Å²) >= 11 is 12.0. The van der Waals surface area contributed by atoms with Crippen molar-refractivity contribution in [2.45, 2.75) is 0 Å². The summed E-state index contributed by atoms with van der Waals surface area (Å²) in [6, 6.07) is 5.17. The van der Waals surface area contributed by atoms with Gasteiger partial charge in [-0.15, -0.1) is 0 Å². The molecule has 1 aliphatic rings. The Morgan fingerprint density at radius 2 is 2.00 bits per heavy atom. The highest BCUT2D eigenvalue weighted by atomic mass is 35.5. The first-order valence-electron chi connectivity index (χ1n) is 6.23. The van der Waals surface area contributed by atoms with E-state index in [1.807, 2.05) is 4.90 Å². The van der Waals surface area contributed by atoms with Crippen LogP contribution in [0.1, 0.15) is 5.56 Å². The van der Waals surface area contributed by atoms with E-state index >= 15 is 0 Å². The lowest BCUT2D eigenvalue weighted by Crippen LogP contribution is -2.42. The van der Waals surface area contributed by atoms with Gasteiger partial charge < -0.3 is 4.74 Å². The molecule has 1 heterocycles. The maximum Gasteiger partial charge on any atom is 0.254 e. The van der Waals surface area contributed by atoms with Gasteiger partial charge >= 0.3 is 0 Å². The summed E-state index contributed by atoms with van der Waals surface area (Å²) in [5, 5.41) is 4.86. The van der Waals surface area contributed by atoms with Crippen LogP contribution in [0, 0.1) is 0 Å². The van der Waals surface area contributed by atoms with Crippen LogP contribution in [-0.2, 0) is 9.53 Å². The third kappa shape index (κ3) is 4.45. The molecule has 0 atom stereocenters. The smallest absolute Gasteiger partial charge is 0.254 e. The van der Waals surface area contributed by atoms with Crippen molar-refractivity contribution >= 4 is 35.3 Å². The number of carbonyl (C=O) groups excluding carboxylic acids is 1. The highest BCUT2D eigenvalue weighted by Crippen LogP contribution is 2.21. The molecule has 7 heteroatoms. The lowest BCUT2D eigenvalue weighted by Gasteiger charge is -2.25. The van der Waals surface area contributed by atoms with Gasteiger partial charge in [0.25, 0.3) is 5.91 Å². The number of carbonyl (C=O) groups is 1. The minimum Gasteiger partial charge on any atom is -0.379 e. The number of hydrogen-bond acceptors (Lipinski definition) is 4. The fraction of sp³-hybridized carbons (Fsp3) is 0.385. The summed E-state index contributed by atoms with van der Waals surface area (Å²) in [6.45, 7) is 3.13. The Morgan fingerprint density at radius 3 is 2.65 bits per heavy atom. The largest absolute Gasteiger partial charge is 0.379 e. The maximum atomic E-state index is 11.7. The Morgan fingerprint density at radius 1 is 1.35 bits per heavy atom. The number of halogens is 2. The molecule has 0 bridgehead atoms. The molecule has 0 unspecified atom stereocenters. The van der Waals surface area contributed by atoms with Crippen molar-refractivity contribution in [2.24, 2.45) is 5.10 Å². The molecule has 1 N–H and O–H groups in total. The lowest BCUT2D eigenvalue weighted by molar-refractivity contribution is -0.123. The minimum absolute atomic E-state index is 0.175. The molecule has 20 heavy (non-hydrogen) atoms. The molecule has 0 spiro atoms. The van der Waals surface area contributed by atoms with Crippen LogP contribution in [0.25, 0.3) is 0 Å². The second-order valence-corrected chi connectivity index (χ2v) is 5.13. The van der Waals surface area contributed by atoms with Crippen LogP contribution in [0.4, 0.5) is 0 Å². The molecule has 0 aliphatic carbocycles. The predicted octanol–water partition coefficient (Wildman–Crippen LogP) is 1.78. The lowest BCUT2D eigenvalue weighted by atomic mass is 10.2. The monoisotopic (exact) mass is 315 g/mol. The molecule has 1 fully saturated rings. The van der Waals surface area contributed by atoms with Gasteiger partial charge in [-0.05, 0) is 12.1 Å². The summed E-state index contributed by atoms with van der Waals surface area (Å²) in [4.78, 5) is 13.7. The number of morpholine rings is 1. The number of ether oxygens (including phenoxy) is 1. The van der Waals surface area contributed by atoms with E-state index in [0.717, 1.165) is 13.1 Å². The number of nitrogens with zero attached hydrogens (tertiary/aromatic N) is 2. The zero-order chi connectivity index (χ0) is 14.4. The Bertz CT molecular complexity index is 482. The fourth-order valence-electron chi connectivity index (χ4n) is 1.80. The second-order valence-electron chi connectivity index (χ2n) is 4.32. The zero-order valence-corrected chi connectivity index (χ0v) is 12.3. The molecule has 1 aromatic carbocycles. The highest BCUT2D eigenvalue weighted by molar-refractivity contribution is 6.38. The first-order valence-corrected chi connectivity index (χ1v) is 6.98. The molecule has 5 nitrogen and oxygen atoms in total. The van der Waals surface area contributed by atoms with Gasteiger partial charge in [-0.25, -0.2) is 5.43 Å². The van der Waals surface area contributed by atoms with Crippen LogP contribution in [-0.4, -0.2) is 49.9 Å². The van der Waals surface area contributed by atoms with E-state index in [9.17, 15) is 4.79 Å². The fourth-order valence-corrected chi connectivity index (χ4v) is 2.30. The van der Waals surface area contributed by atoms with E-state index in [1.165, 1.54) is 6.21 Å². The molecule has 0 radical (unpaired) electrons. The Labute approximate surface area is 127 Å². The third-order valence-corrected chi connectivity index (χ3v) is 3.51. The van der Waals surface area contributed by atoms with Gasteiger partial charge in [0, 0.05) is 18.7 Å². The Kier molecular flexibility index (Phi) is 5.79. The van der Waals surface area contributed by atoms with Gasteiger partial charge in [0.15, 0.2) is 0 Å². The summed E-state index contributed by atoms with van der Waals surface area (Å²) in [6.07, 6.45) is 1.45. The van der Waals surface area contributed by atoms with Crippen LogP contribution in [0.3, 0.4) is 0 Å². The van der Waals surface area contributed by atoms with E-state index in [4.69, 9.17) is 27.9 Å². The standard InChI is InChI=1S/C13H15Cl2N3O2/c14-11-2-1-3-12(15)10(11)8-16-17-13(19)9-18-4-6-20-7-5-18/h1-3,8H,4-7,9H2,(H,17,19)/b16-8-. The molecule has 2 rings (SSSR count). The molecule has 1 aromatic rings. The van der Waals surface area contributed by atoms with Gasteiger partial charge in [-0.3, -0.25) is 9.69 Å². The van der Waals surface area contributed by atoms with Gasteiger partial charge in [-0.2, -0.15) is 5.10 Å². The first kappa shape index (κ1) is 15.3. The third-order valence-electron chi connectivity index (χ3n) is 2.85. The van der Waals surface area contributed by atoms with Crippen LogP contribution in [0.15, 0.2) is 23.3 Å². The van der Waals surface area contributed by atoms with Crippen molar-refractivity contribution in [3.8, 4) is 0 Å². The summed E-state index contributed by atoms with van der Waals surface area (Å²) in [7, 11) is 0. The maximum absolute atomic E-state index is 11.7. The molecule has 1 aliphatic heterocycles. The van der Waals surface area contributed by atoms with E-state index < -0.39 is 0 Å². The SMILES string of the molecule is O=C(CN1CCOCC1)N/N=C\c1c(Cl)cccc1Cl. The summed E-state index contributed by atoms with van der Waals surface area (Å²) in [5.41, 5.74) is 3.05. The summed E-state index contributed by atoms with van der Waals surface area (Å²) in [5.74, 6) is -0.175. The zero-order valence-electron chi connectivity index (χ0n) is 10.8. The van der Waals surface area contributed by atoms with Gasteiger partial charge in [0.2, 0.25) is 0 Å². The minimum atomic E-state index is -0.175. The normalized spacial score (nSPS) is 16.5. The Hall–Kier alpha value is -1.14. The molecular formula is C13H15Cl2N3O2. The van der Waals surface area contributed by atoms with Crippen molar-refractivity contribution in [2.75, 3.05) is 32.8 Å². The van der Waals surface area contributed by atoms with Crippen molar-refractivity contribution in [1.82, 2.24) is 10.3 Å². The Balaban J connectivity index is 1.84. The quantitative estimate of drug-likeness (QED) is 0.680. The highest BCUT2D eigenvalue weighted by Gasteiger charge is 2.13. The van der Waals surface area contributed by atoms with Crippen molar-refractivity contribution in [1.29, 1.82) is 0 Å². The van der Waals surface area contributed by atoms with Gasteiger partial charge in [0.05, 0.1) is 36.0 Å². The van der Waals surface area contributed by atoms with E-state index in [2.05, 4.69) is 10.5 Å². The number of nitrogens with one attached hydrogen (secondary N) is 1. The van der Waals surface area contributed by atoms with Gasteiger partial charge in [-0.1, -0.05) is 29.3 Å². The molecule has 0 aromatic heterocycles. The van der Waals surface area contributed by atoms with E-state index in [-0.39, 0.29) is 5.91 Å². The second kappa shape index (κ2) is 7.59. The molecule has 0 saturated carbocycles. The molecule has 1 saturated heterocycles. The number of hydrazone groups is 1. The van der Waals surface area contributed by atoms with Crippen molar-refractivity contribution in [3.63, 3.8) is 0 Å². The van der Waals surface area contributed by atoms with Crippen LogP contribution in [0.2, 0.25) is 10.0 Å². The summed E-state index contributed by atoms with van der Waals surface area (Å²) < 4.78 is 5.21. The van der Waals surface area contributed by atoms with Crippen LogP contribution < -0.4 is 5.43 Å². The average Bonchev–Trinajstić information content (AvgIpc) is 2.43. The van der Waals surface area contributed by atoms with Gasteiger partial charge in [0.1, 0.15) is 0 Å². The van der Waals surface area contributed by atoms with E-state index in [1.54, 1.807) is 18.2 Å². The number of amides is 1. The topological polar surface area (TPSA) is 53.9 Å².